The highest BCUT2D eigenvalue weighted by Gasteiger charge is 2.19. The van der Waals surface area contributed by atoms with E-state index >= 15 is 0 Å². The van der Waals surface area contributed by atoms with Crippen molar-refractivity contribution in [2.45, 2.75) is 33.4 Å². The number of amides is 2. The molecular weight excluding hydrogens is 409 g/mol. The molecule has 2 N–H and O–H groups in total. The number of urea groups is 1. The van der Waals surface area contributed by atoms with E-state index in [1.165, 1.54) is 12.1 Å². The summed E-state index contributed by atoms with van der Waals surface area (Å²) in [6.45, 7) is 11.4. The molecule has 1 aliphatic rings. The number of aryl methyl sites for hydroxylation is 1. The Morgan fingerprint density at radius 2 is 2.00 bits per heavy atom. The van der Waals surface area contributed by atoms with Crippen LogP contribution in [0, 0.1) is 12.7 Å². The second kappa shape index (κ2) is 9.56. The molecule has 4 rings (SSSR count). The number of nitrogens with zero attached hydrogens (tertiary/aromatic N) is 3. The van der Waals surface area contributed by atoms with Crippen LogP contribution in [-0.2, 0) is 6.54 Å². The summed E-state index contributed by atoms with van der Waals surface area (Å²) in [4.78, 5) is 21.7. The van der Waals surface area contributed by atoms with E-state index in [4.69, 9.17) is 4.42 Å². The molecule has 1 aromatic carbocycles. The Balaban J connectivity index is 1.34. The molecular formula is C24H30FN5O2. The Bertz CT molecular complexity index is 1090. The number of aromatic nitrogens is 1. The number of pyridine rings is 1. The summed E-state index contributed by atoms with van der Waals surface area (Å²) in [6.07, 6.45) is 1.79. The number of hydrogen-bond acceptors (Lipinski definition) is 5. The summed E-state index contributed by atoms with van der Waals surface area (Å²) in [6, 6.07) is 7.72. The van der Waals surface area contributed by atoms with Crippen LogP contribution >= 0.6 is 0 Å². The topological polar surface area (TPSA) is 73.6 Å². The van der Waals surface area contributed by atoms with Crippen LogP contribution in [0.15, 0.2) is 40.9 Å². The first-order valence-electron chi connectivity index (χ1n) is 11.1. The predicted molar refractivity (Wildman–Crippen MR) is 123 cm³/mol. The van der Waals surface area contributed by atoms with Gasteiger partial charge in [0, 0.05) is 49.9 Å². The maximum absolute atomic E-state index is 13.5. The van der Waals surface area contributed by atoms with Crippen LogP contribution in [0.3, 0.4) is 0 Å². The molecule has 1 aliphatic heterocycles. The molecule has 0 saturated carbocycles. The van der Waals surface area contributed by atoms with Crippen LogP contribution in [0.25, 0.3) is 11.0 Å². The number of nitrogens with one attached hydrogen (secondary N) is 2. The maximum Gasteiger partial charge on any atom is 0.315 e. The highest BCUT2D eigenvalue weighted by Crippen LogP contribution is 2.29. The van der Waals surface area contributed by atoms with Gasteiger partial charge in [0.25, 0.3) is 0 Å². The Morgan fingerprint density at radius 1 is 1.22 bits per heavy atom. The molecule has 2 aromatic heterocycles. The average Bonchev–Trinajstić information content (AvgIpc) is 3.14. The van der Waals surface area contributed by atoms with Gasteiger partial charge in [-0.1, -0.05) is 6.92 Å². The molecule has 1 atom stereocenters. The minimum absolute atomic E-state index is 0.293. The SMILES string of the molecule is CCN1CCN(c2cc(CNC(=O)NC(C)c3oc4ccc(F)cc4c3C)ccn2)CC1. The Labute approximate surface area is 187 Å². The van der Waals surface area contributed by atoms with E-state index in [0.29, 0.717) is 17.9 Å². The summed E-state index contributed by atoms with van der Waals surface area (Å²) in [5.41, 5.74) is 2.43. The summed E-state index contributed by atoms with van der Waals surface area (Å²) in [5, 5.41) is 6.53. The minimum atomic E-state index is -0.353. The van der Waals surface area contributed by atoms with Crippen molar-refractivity contribution in [3.63, 3.8) is 0 Å². The largest absolute Gasteiger partial charge is 0.459 e. The first kappa shape index (κ1) is 22.1. The molecule has 0 bridgehead atoms. The highest BCUT2D eigenvalue weighted by atomic mass is 19.1. The summed E-state index contributed by atoms with van der Waals surface area (Å²) in [7, 11) is 0. The fourth-order valence-corrected chi connectivity index (χ4v) is 4.16. The summed E-state index contributed by atoms with van der Waals surface area (Å²) >= 11 is 0. The number of furan rings is 1. The fraction of sp³-hybridized carbons (Fsp3) is 0.417. The number of likely N-dealkylation sites (N-methyl/N-ethyl adjacent to an activating group) is 1. The zero-order chi connectivity index (χ0) is 22.7. The number of anilines is 1. The monoisotopic (exact) mass is 439 g/mol. The van der Waals surface area contributed by atoms with Gasteiger partial charge in [0.2, 0.25) is 0 Å². The molecule has 32 heavy (non-hydrogen) atoms. The third-order valence-electron chi connectivity index (χ3n) is 6.08. The average molecular weight is 440 g/mol. The lowest BCUT2D eigenvalue weighted by atomic mass is 10.1. The van der Waals surface area contributed by atoms with Crippen LogP contribution in [-0.4, -0.2) is 48.6 Å². The van der Waals surface area contributed by atoms with Crippen LogP contribution in [0.4, 0.5) is 15.0 Å². The quantitative estimate of drug-likeness (QED) is 0.608. The van der Waals surface area contributed by atoms with E-state index in [-0.39, 0.29) is 17.9 Å². The van der Waals surface area contributed by atoms with Gasteiger partial charge >= 0.3 is 6.03 Å². The number of fused-ring (bicyclic) bond motifs is 1. The van der Waals surface area contributed by atoms with Gasteiger partial charge in [-0.2, -0.15) is 0 Å². The van der Waals surface area contributed by atoms with Crippen LogP contribution in [0.2, 0.25) is 0 Å². The smallest absolute Gasteiger partial charge is 0.315 e. The first-order chi connectivity index (χ1) is 15.4. The molecule has 3 aromatic rings. The van der Waals surface area contributed by atoms with Crippen LogP contribution in [0.1, 0.15) is 36.8 Å². The maximum atomic E-state index is 13.5. The minimum Gasteiger partial charge on any atom is -0.459 e. The van der Waals surface area contributed by atoms with Gasteiger partial charge in [0.15, 0.2) is 0 Å². The van der Waals surface area contributed by atoms with E-state index in [2.05, 4.69) is 32.3 Å². The van der Waals surface area contributed by atoms with Gasteiger partial charge in [-0.3, -0.25) is 0 Å². The molecule has 2 amide bonds. The number of halogens is 1. The summed E-state index contributed by atoms with van der Waals surface area (Å²) < 4.78 is 19.4. The van der Waals surface area contributed by atoms with Gasteiger partial charge in [-0.15, -0.1) is 0 Å². The van der Waals surface area contributed by atoms with Crippen molar-refractivity contribution in [1.29, 1.82) is 0 Å². The van der Waals surface area contributed by atoms with Gasteiger partial charge in [0.1, 0.15) is 23.0 Å². The molecule has 0 spiro atoms. The molecule has 1 fully saturated rings. The third-order valence-corrected chi connectivity index (χ3v) is 6.08. The zero-order valence-electron chi connectivity index (χ0n) is 18.8. The number of hydrogen-bond donors (Lipinski definition) is 2. The lowest BCUT2D eigenvalue weighted by Gasteiger charge is -2.34. The summed E-state index contributed by atoms with van der Waals surface area (Å²) in [5.74, 6) is 1.26. The van der Waals surface area contributed by atoms with Crippen molar-refractivity contribution < 1.29 is 13.6 Å². The lowest BCUT2D eigenvalue weighted by molar-refractivity contribution is 0.236. The molecule has 8 heteroatoms. The Kier molecular flexibility index (Phi) is 6.60. The standard InChI is InChI=1S/C24H30FN5O2/c1-4-29-9-11-30(12-10-29)22-13-18(7-8-26-22)15-27-24(31)28-17(3)23-16(2)20-14-19(25)5-6-21(20)32-23/h5-8,13-14,17H,4,9-12,15H2,1-3H3,(H2,27,28,31). The number of piperazine rings is 1. The molecule has 0 radical (unpaired) electrons. The zero-order valence-corrected chi connectivity index (χ0v) is 18.8. The fourth-order valence-electron chi connectivity index (χ4n) is 4.16. The number of benzene rings is 1. The molecule has 0 aliphatic carbocycles. The molecule has 170 valence electrons. The van der Waals surface area contributed by atoms with Gasteiger partial charge < -0.3 is 24.9 Å². The lowest BCUT2D eigenvalue weighted by Crippen LogP contribution is -2.46. The van der Waals surface area contributed by atoms with Crippen LogP contribution in [0.5, 0.6) is 0 Å². The van der Waals surface area contributed by atoms with Crippen molar-refractivity contribution in [3.8, 4) is 0 Å². The van der Waals surface area contributed by atoms with Crippen molar-refractivity contribution in [3.05, 3.63) is 59.2 Å². The van der Waals surface area contributed by atoms with E-state index in [9.17, 15) is 9.18 Å². The number of rotatable bonds is 6. The first-order valence-corrected chi connectivity index (χ1v) is 11.1. The van der Waals surface area contributed by atoms with Crippen molar-refractivity contribution in [1.82, 2.24) is 20.5 Å². The van der Waals surface area contributed by atoms with Gasteiger partial charge in [0.05, 0.1) is 6.04 Å². The Morgan fingerprint density at radius 3 is 2.75 bits per heavy atom. The highest BCUT2D eigenvalue weighted by molar-refractivity contribution is 5.82. The second-order valence-electron chi connectivity index (χ2n) is 8.22. The predicted octanol–water partition coefficient (Wildman–Crippen LogP) is 3.98. The number of carbonyl (C=O) groups is 1. The normalized spacial score (nSPS) is 15.7. The van der Waals surface area contributed by atoms with E-state index in [1.54, 1.807) is 12.3 Å². The Hall–Kier alpha value is -3.13. The molecule has 1 unspecified atom stereocenters. The van der Waals surface area contributed by atoms with Crippen LogP contribution < -0.4 is 15.5 Å². The van der Waals surface area contributed by atoms with Crippen molar-refractivity contribution >= 4 is 22.8 Å². The van der Waals surface area contributed by atoms with E-state index in [0.717, 1.165) is 55.1 Å². The third kappa shape index (κ3) is 4.85. The molecule has 3 heterocycles. The van der Waals surface area contributed by atoms with E-state index < -0.39 is 0 Å². The number of carbonyl (C=O) groups excluding carboxylic acids is 1. The van der Waals surface area contributed by atoms with Crippen molar-refractivity contribution in [2.24, 2.45) is 0 Å². The van der Waals surface area contributed by atoms with Gasteiger partial charge in [-0.25, -0.2) is 14.2 Å². The van der Waals surface area contributed by atoms with Gasteiger partial charge in [-0.05, 0) is 56.3 Å². The van der Waals surface area contributed by atoms with E-state index in [1.807, 2.05) is 26.0 Å². The molecule has 1 saturated heterocycles. The molecule has 7 nitrogen and oxygen atoms in total. The second-order valence-corrected chi connectivity index (χ2v) is 8.22. The van der Waals surface area contributed by atoms with Crippen molar-refractivity contribution in [2.75, 3.05) is 37.6 Å².